The third-order valence-electron chi connectivity index (χ3n) is 3.69. The Morgan fingerprint density at radius 2 is 1.86 bits per heavy atom. The summed E-state index contributed by atoms with van der Waals surface area (Å²) in [7, 11) is 0. The first-order valence-electron chi connectivity index (χ1n) is 7.20. The first-order valence-corrected chi connectivity index (χ1v) is 7.20. The molecule has 0 spiro atoms. The van der Waals surface area contributed by atoms with E-state index in [4.69, 9.17) is 0 Å². The van der Waals surface area contributed by atoms with E-state index >= 15 is 0 Å². The van der Waals surface area contributed by atoms with Crippen LogP contribution in [0, 0.1) is 10.1 Å². The van der Waals surface area contributed by atoms with Crippen molar-refractivity contribution in [2.45, 2.75) is 13.5 Å². The van der Waals surface area contributed by atoms with E-state index in [1.54, 1.807) is 12.1 Å². The van der Waals surface area contributed by atoms with Crippen molar-refractivity contribution in [3.63, 3.8) is 0 Å². The zero-order valence-electron chi connectivity index (χ0n) is 12.3. The SMILES string of the molecule is CCn1c(C=Cc2ccccc2)cc2cc([N+](=O)[O-])ccc21. The van der Waals surface area contributed by atoms with Crippen molar-refractivity contribution in [1.29, 1.82) is 0 Å². The normalized spacial score (nSPS) is 11.3. The van der Waals surface area contributed by atoms with Crippen molar-refractivity contribution in [3.8, 4) is 0 Å². The molecule has 0 radical (unpaired) electrons. The van der Waals surface area contributed by atoms with Gasteiger partial charge in [0.2, 0.25) is 0 Å². The molecule has 0 aliphatic carbocycles. The Morgan fingerprint density at radius 1 is 1.09 bits per heavy atom. The second-order valence-electron chi connectivity index (χ2n) is 5.06. The smallest absolute Gasteiger partial charge is 0.270 e. The van der Waals surface area contributed by atoms with E-state index in [-0.39, 0.29) is 10.6 Å². The molecule has 1 heterocycles. The number of nitrogens with zero attached hydrogens (tertiary/aromatic N) is 2. The van der Waals surface area contributed by atoms with Crippen molar-refractivity contribution >= 4 is 28.7 Å². The average molecular weight is 292 g/mol. The summed E-state index contributed by atoms with van der Waals surface area (Å²) in [6, 6.07) is 17.1. The maximum Gasteiger partial charge on any atom is 0.270 e. The van der Waals surface area contributed by atoms with Gasteiger partial charge in [-0.25, -0.2) is 0 Å². The second-order valence-corrected chi connectivity index (χ2v) is 5.06. The summed E-state index contributed by atoms with van der Waals surface area (Å²) < 4.78 is 2.15. The molecule has 4 heteroatoms. The number of nitro groups is 1. The summed E-state index contributed by atoms with van der Waals surface area (Å²) in [6.45, 7) is 2.89. The predicted molar refractivity (Wildman–Crippen MR) is 89.6 cm³/mol. The third-order valence-corrected chi connectivity index (χ3v) is 3.69. The predicted octanol–water partition coefficient (Wildman–Crippen LogP) is 4.74. The molecule has 0 amide bonds. The van der Waals surface area contributed by atoms with Gasteiger partial charge in [0.25, 0.3) is 5.69 Å². The molecule has 22 heavy (non-hydrogen) atoms. The minimum atomic E-state index is -0.359. The highest BCUT2D eigenvalue weighted by Crippen LogP contribution is 2.25. The summed E-state index contributed by atoms with van der Waals surface area (Å²) in [6.07, 6.45) is 4.10. The maximum atomic E-state index is 10.9. The minimum absolute atomic E-state index is 0.124. The molecule has 3 rings (SSSR count). The number of hydrogen-bond acceptors (Lipinski definition) is 2. The van der Waals surface area contributed by atoms with Gasteiger partial charge in [-0.2, -0.15) is 0 Å². The van der Waals surface area contributed by atoms with Crippen LogP contribution in [0.1, 0.15) is 18.2 Å². The Bertz CT molecular complexity index is 848. The Labute approximate surface area is 128 Å². The fraction of sp³-hybridized carbons (Fsp3) is 0.111. The Balaban J connectivity index is 2.05. The Kier molecular flexibility index (Phi) is 3.74. The van der Waals surface area contributed by atoms with Crippen LogP contribution in [0.3, 0.4) is 0 Å². The number of hydrogen-bond donors (Lipinski definition) is 0. The quantitative estimate of drug-likeness (QED) is 0.515. The van der Waals surface area contributed by atoms with Crippen LogP contribution in [0.5, 0.6) is 0 Å². The number of rotatable bonds is 4. The first kappa shape index (κ1) is 14.1. The van der Waals surface area contributed by atoms with Crippen LogP contribution in [0.25, 0.3) is 23.1 Å². The van der Waals surface area contributed by atoms with Gasteiger partial charge in [-0.1, -0.05) is 36.4 Å². The van der Waals surface area contributed by atoms with E-state index in [0.29, 0.717) is 0 Å². The van der Waals surface area contributed by atoms with Gasteiger partial charge in [0, 0.05) is 35.3 Å². The number of fused-ring (bicyclic) bond motifs is 1. The van der Waals surface area contributed by atoms with Crippen LogP contribution in [0.2, 0.25) is 0 Å². The highest BCUT2D eigenvalue weighted by atomic mass is 16.6. The van der Waals surface area contributed by atoms with E-state index in [9.17, 15) is 10.1 Å². The molecule has 0 aliphatic heterocycles. The average Bonchev–Trinajstić information content (AvgIpc) is 2.90. The van der Waals surface area contributed by atoms with Gasteiger partial charge in [-0.15, -0.1) is 0 Å². The fourth-order valence-electron chi connectivity index (χ4n) is 2.63. The Hall–Kier alpha value is -2.88. The third kappa shape index (κ3) is 2.63. The van der Waals surface area contributed by atoms with Crippen LogP contribution in [-0.4, -0.2) is 9.49 Å². The standard InChI is InChI=1S/C18H16N2O2/c1-2-19-16(9-8-14-6-4-3-5-7-14)12-15-13-17(20(21)22)10-11-18(15)19/h3-13H,2H2,1H3. The number of aryl methyl sites for hydroxylation is 1. The van der Waals surface area contributed by atoms with Gasteiger partial charge in [0.15, 0.2) is 0 Å². The summed E-state index contributed by atoms with van der Waals surface area (Å²) in [4.78, 5) is 10.5. The molecule has 3 aromatic rings. The summed E-state index contributed by atoms with van der Waals surface area (Å²) in [5.41, 5.74) is 3.31. The van der Waals surface area contributed by atoms with Crippen LogP contribution < -0.4 is 0 Å². The molecular weight excluding hydrogens is 276 g/mol. The number of aromatic nitrogens is 1. The van der Waals surface area contributed by atoms with Crippen molar-refractivity contribution in [1.82, 2.24) is 4.57 Å². The van der Waals surface area contributed by atoms with E-state index < -0.39 is 0 Å². The lowest BCUT2D eigenvalue weighted by molar-refractivity contribution is -0.384. The lowest BCUT2D eigenvalue weighted by Gasteiger charge is -2.04. The van der Waals surface area contributed by atoms with Crippen molar-refractivity contribution in [2.75, 3.05) is 0 Å². The van der Waals surface area contributed by atoms with E-state index in [1.807, 2.05) is 48.5 Å². The van der Waals surface area contributed by atoms with E-state index in [0.717, 1.165) is 28.7 Å². The molecule has 110 valence electrons. The fourth-order valence-corrected chi connectivity index (χ4v) is 2.63. The molecule has 1 aromatic heterocycles. The largest absolute Gasteiger partial charge is 0.341 e. The molecule has 0 atom stereocenters. The Morgan fingerprint density at radius 3 is 2.55 bits per heavy atom. The zero-order valence-corrected chi connectivity index (χ0v) is 12.3. The van der Waals surface area contributed by atoms with Gasteiger partial charge in [0.05, 0.1) is 4.92 Å². The van der Waals surface area contributed by atoms with Gasteiger partial charge in [-0.3, -0.25) is 10.1 Å². The minimum Gasteiger partial charge on any atom is -0.341 e. The molecule has 0 N–H and O–H groups in total. The molecule has 0 fully saturated rings. The van der Waals surface area contributed by atoms with Gasteiger partial charge in [0.1, 0.15) is 0 Å². The number of benzene rings is 2. The lowest BCUT2D eigenvalue weighted by Crippen LogP contribution is -1.96. The summed E-state index contributed by atoms with van der Waals surface area (Å²) in [5.74, 6) is 0. The maximum absolute atomic E-state index is 10.9. The van der Waals surface area contributed by atoms with Crippen LogP contribution in [0.4, 0.5) is 5.69 Å². The molecule has 4 nitrogen and oxygen atoms in total. The van der Waals surface area contributed by atoms with Crippen LogP contribution >= 0.6 is 0 Å². The van der Waals surface area contributed by atoms with Gasteiger partial charge in [-0.05, 0) is 30.7 Å². The van der Waals surface area contributed by atoms with Crippen molar-refractivity contribution < 1.29 is 4.92 Å². The highest BCUT2D eigenvalue weighted by Gasteiger charge is 2.10. The molecule has 0 bridgehead atoms. The molecular formula is C18H16N2O2. The van der Waals surface area contributed by atoms with Gasteiger partial charge < -0.3 is 4.57 Å². The zero-order chi connectivity index (χ0) is 15.5. The van der Waals surface area contributed by atoms with Crippen LogP contribution in [-0.2, 0) is 6.54 Å². The summed E-state index contributed by atoms with van der Waals surface area (Å²) in [5, 5.41) is 11.8. The van der Waals surface area contributed by atoms with Crippen LogP contribution in [0.15, 0.2) is 54.6 Å². The highest BCUT2D eigenvalue weighted by molar-refractivity contribution is 5.87. The number of non-ortho nitro benzene ring substituents is 1. The van der Waals surface area contributed by atoms with Crippen molar-refractivity contribution in [3.05, 3.63) is 76.0 Å². The molecule has 0 saturated heterocycles. The molecule has 0 saturated carbocycles. The molecule has 2 aromatic carbocycles. The summed E-state index contributed by atoms with van der Waals surface area (Å²) >= 11 is 0. The molecule has 0 unspecified atom stereocenters. The molecule has 0 aliphatic rings. The second kappa shape index (κ2) is 5.85. The lowest BCUT2D eigenvalue weighted by atomic mass is 10.2. The van der Waals surface area contributed by atoms with Crippen molar-refractivity contribution in [2.24, 2.45) is 0 Å². The number of nitro benzene ring substituents is 1. The van der Waals surface area contributed by atoms with E-state index in [1.165, 1.54) is 0 Å². The van der Waals surface area contributed by atoms with E-state index in [2.05, 4.69) is 17.6 Å². The topological polar surface area (TPSA) is 48.1 Å². The first-order chi connectivity index (χ1) is 10.7. The monoisotopic (exact) mass is 292 g/mol. The van der Waals surface area contributed by atoms with Gasteiger partial charge >= 0.3 is 0 Å².